The lowest BCUT2D eigenvalue weighted by Crippen LogP contribution is -2.35. The molecule has 0 heterocycles. The molecule has 0 aliphatic carbocycles. The standard InChI is InChI=1S/C2H3N3O4/c6-1(4-5-9)3-2(7)8/h(H,7,8)(H2,3,4,6,9). The van der Waals surface area contributed by atoms with Crippen LogP contribution in [0.4, 0.5) is 9.59 Å². The molecule has 7 heteroatoms. The fraction of sp³-hybridized carbons (Fsp3) is 0. The van der Waals surface area contributed by atoms with Crippen molar-refractivity contribution < 1.29 is 14.7 Å². The molecule has 0 radical (unpaired) electrons. The third kappa shape index (κ3) is 4.19. The molecule has 0 aliphatic heterocycles. The zero-order valence-electron chi connectivity index (χ0n) is 4.12. The van der Waals surface area contributed by atoms with Crippen molar-refractivity contribution in [2.75, 3.05) is 0 Å². The van der Waals surface area contributed by atoms with E-state index in [0.717, 1.165) is 0 Å². The fourth-order valence-corrected chi connectivity index (χ4v) is 0.167. The minimum Gasteiger partial charge on any atom is -0.465 e. The van der Waals surface area contributed by atoms with E-state index in [2.05, 4.69) is 0 Å². The lowest BCUT2D eigenvalue weighted by atomic mass is 11.0. The number of hydrogen-bond acceptors (Lipinski definition) is 4. The van der Waals surface area contributed by atoms with Crippen LogP contribution in [0.5, 0.6) is 0 Å². The maximum absolute atomic E-state index is 9.96. The monoisotopic (exact) mass is 133 g/mol. The first-order valence-corrected chi connectivity index (χ1v) is 1.79. The second-order valence-electron chi connectivity index (χ2n) is 0.962. The summed E-state index contributed by atoms with van der Waals surface area (Å²) in [6, 6.07) is -1.17. The number of carbonyl (C=O) groups is 2. The van der Waals surface area contributed by atoms with Crippen molar-refractivity contribution in [1.29, 1.82) is 0 Å². The van der Waals surface area contributed by atoms with Crippen LogP contribution in [0.1, 0.15) is 0 Å². The second kappa shape index (κ2) is 3.36. The van der Waals surface area contributed by atoms with E-state index in [-0.39, 0.29) is 0 Å². The number of nitrogens with one attached hydrogen (secondary N) is 2. The molecule has 0 atom stereocenters. The average Bonchev–Trinajstić information content (AvgIpc) is 1.63. The molecule has 0 aliphatic rings. The summed E-state index contributed by atoms with van der Waals surface area (Å²) in [6.45, 7) is 0. The average molecular weight is 133 g/mol. The molecule has 0 spiro atoms. The summed E-state index contributed by atoms with van der Waals surface area (Å²) >= 11 is 0. The van der Waals surface area contributed by atoms with Gasteiger partial charge in [-0.1, -0.05) is 0 Å². The molecule has 3 N–H and O–H groups in total. The normalized spacial score (nSPS) is 7.56. The maximum atomic E-state index is 9.96. The van der Waals surface area contributed by atoms with Crippen molar-refractivity contribution in [3.05, 3.63) is 4.91 Å². The number of hydrogen-bond donors (Lipinski definition) is 3. The van der Waals surface area contributed by atoms with Gasteiger partial charge in [0.1, 0.15) is 0 Å². The summed E-state index contributed by atoms with van der Waals surface area (Å²) in [5.41, 5.74) is 1.32. The molecule has 0 saturated heterocycles. The highest BCUT2D eigenvalue weighted by molar-refractivity contribution is 5.89. The van der Waals surface area contributed by atoms with Crippen molar-refractivity contribution >= 4 is 12.1 Å². The first kappa shape index (κ1) is 7.34. The van der Waals surface area contributed by atoms with Gasteiger partial charge >= 0.3 is 12.1 Å². The van der Waals surface area contributed by atoms with Gasteiger partial charge in [0.05, 0.1) is 5.29 Å². The van der Waals surface area contributed by atoms with Gasteiger partial charge in [0.2, 0.25) is 0 Å². The molecule has 0 rings (SSSR count). The Labute approximate surface area is 49.0 Å². The second-order valence-corrected chi connectivity index (χ2v) is 0.962. The van der Waals surface area contributed by atoms with E-state index in [1.165, 1.54) is 10.7 Å². The SMILES string of the molecule is O=NNC(=O)NC(=O)O. The highest BCUT2D eigenvalue weighted by Crippen LogP contribution is 1.63. The Morgan fingerprint density at radius 2 is 2.00 bits per heavy atom. The van der Waals surface area contributed by atoms with Crippen LogP contribution in [0, 0.1) is 4.91 Å². The zero-order valence-corrected chi connectivity index (χ0v) is 4.12. The number of nitroso groups, excluding NO2 is 1. The Kier molecular flexibility index (Phi) is 2.74. The topological polar surface area (TPSA) is 108 Å². The molecule has 0 aromatic heterocycles. The summed E-state index contributed by atoms with van der Waals surface area (Å²) in [7, 11) is 0. The Morgan fingerprint density at radius 3 is 2.33 bits per heavy atom. The number of urea groups is 1. The van der Waals surface area contributed by atoms with Gasteiger partial charge in [0.15, 0.2) is 0 Å². The minimum absolute atomic E-state index is 1.17. The summed E-state index contributed by atoms with van der Waals surface area (Å²) in [5, 5.41) is 11.0. The van der Waals surface area contributed by atoms with Crippen molar-refractivity contribution in [2.45, 2.75) is 0 Å². The van der Waals surface area contributed by atoms with E-state index in [1.807, 2.05) is 5.29 Å². The Balaban J connectivity index is 3.50. The summed E-state index contributed by atoms with van der Waals surface area (Å²) in [6.07, 6.45) is -1.55. The van der Waals surface area contributed by atoms with Gasteiger partial charge in [-0.25, -0.2) is 14.9 Å². The molecule has 50 valence electrons. The van der Waals surface area contributed by atoms with Gasteiger partial charge in [-0.2, -0.15) is 5.43 Å². The number of rotatable bonds is 1. The van der Waals surface area contributed by atoms with Crippen molar-refractivity contribution in [1.82, 2.24) is 10.7 Å². The number of carboxylic acid groups (broad SMARTS) is 1. The maximum Gasteiger partial charge on any atom is 0.412 e. The van der Waals surface area contributed by atoms with Crippen LogP contribution < -0.4 is 10.7 Å². The fourth-order valence-electron chi connectivity index (χ4n) is 0.167. The summed E-state index contributed by atoms with van der Waals surface area (Å²) in [4.78, 5) is 28.7. The van der Waals surface area contributed by atoms with Crippen LogP contribution in [-0.2, 0) is 0 Å². The van der Waals surface area contributed by atoms with Crippen molar-refractivity contribution in [3.63, 3.8) is 0 Å². The first-order valence-electron chi connectivity index (χ1n) is 1.79. The molecule has 0 aromatic rings. The van der Waals surface area contributed by atoms with Crippen molar-refractivity contribution in [2.24, 2.45) is 5.29 Å². The Bertz CT molecular complexity index is 143. The smallest absolute Gasteiger partial charge is 0.412 e. The first-order chi connectivity index (χ1) is 4.16. The number of nitrogens with zero attached hydrogens (tertiary/aromatic N) is 1. The molecule has 9 heavy (non-hydrogen) atoms. The summed E-state index contributed by atoms with van der Waals surface area (Å²) < 4.78 is 0. The quantitative estimate of drug-likeness (QED) is 0.335. The van der Waals surface area contributed by atoms with E-state index in [4.69, 9.17) is 5.11 Å². The lowest BCUT2D eigenvalue weighted by molar-refractivity contribution is 0.192. The molecule has 0 fully saturated rings. The van der Waals surface area contributed by atoms with Crippen LogP contribution in [-0.4, -0.2) is 17.2 Å². The molecular formula is C2H3N3O4. The molecule has 0 saturated carbocycles. The van der Waals surface area contributed by atoms with Gasteiger partial charge in [0, 0.05) is 0 Å². The van der Waals surface area contributed by atoms with Gasteiger partial charge in [0.25, 0.3) is 0 Å². The Hall–Kier alpha value is -1.66. The van der Waals surface area contributed by atoms with E-state index < -0.39 is 12.1 Å². The van der Waals surface area contributed by atoms with Crippen LogP contribution >= 0.6 is 0 Å². The summed E-state index contributed by atoms with van der Waals surface area (Å²) in [5.74, 6) is 0. The van der Waals surface area contributed by atoms with Gasteiger partial charge < -0.3 is 5.11 Å². The third-order valence-electron chi connectivity index (χ3n) is 0.368. The molecule has 7 nitrogen and oxygen atoms in total. The van der Waals surface area contributed by atoms with Crippen molar-refractivity contribution in [3.8, 4) is 0 Å². The zero-order chi connectivity index (χ0) is 7.28. The molecule has 0 unspecified atom stereocenters. The van der Waals surface area contributed by atoms with Crippen LogP contribution in [0.2, 0.25) is 0 Å². The van der Waals surface area contributed by atoms with E-state index in [9.17, 15) is 14.5 Å². The minimum atomic E-state index is -1.55. The highest BCUT2D eigenvalue weighted by Gasteiger charge is 2.01. The third-order valence-corrected chi connectivity index (χ3v) is 0.368. The van der Waals surface area contributed by atoms with Crippen LogP contribution in [0.3, 0.4) is 0 Å². The van der Waals surface area contributed by atoms with Crippen LogP contribution in [0.25, 0.3) is 0 Å². The molecule has 3 amide bonds. The largest absolute Gasteiger partial charge is 0.465 e. The van der Waals surface area contributed by atoms with E-state index in [0.29, 0.717) is 0 Å². The molecule has 0 aromatic carbocycles. The van der Waals surface area contributed by atoms with Crippen LogP contribution in [0.15, 0.2) is 5.29 Å². The van der Waals surface area contributed by atoms with E-state index in [1.54, 1.807) is 0 Å². The number of imide groups is 1. The predicted molar refractivity (Wildman–Crippen MR) is 25.5 cm³/mol. The van der Waals surface area contributed by atoms with Gasteiger partial charge in [-0.15, -0.1) is 4.91 Å². The highest BCUT2D eigenvalue weighted by atomic mass is 16.4. The number of carbonyl (C=O) groups excluding carboxylic acids is 1. The Morgan fingerprint density at radius 1 is 1.44 bits per heavy atom. The van der Waals surface area contributed by atoms with E-state index >= 15 is 0 Å². The lowest BCUT2D eigenvalue weighted by Gasteiger charge is -1.91. The van der Waals surface area contributed by atoms with Gasteiger partial charge in [-0.3, -0.25) is 0 Å². The van der Waals surface area contributed by atoms with Gasteiger partial charge in [-0.05, 0) is 0 Å². The molecule has 0 bridgehead atoms. The predicted octanol–water partition coefficient (Wildman–Crippen LogP) is -0.355. The number of amides is 3. The molecular weight excluding hydrogens is 130 g/mol.